The van der Waals surface area contributed by atoms with Crippen LogP contribution >= 0.6 is 15.2 Å². The fourth-order valence-electron chi connectivity index (χ4n) is 2.30. The van der Waals surface area contributed by atoms with Gasteiger partial charge in [0.05, 0.1) is 11.5 Å². The average Bonchev–Trinajstić information content (AvgIpc) is 2.60. The van der Waals surface area contributed by atoms with Gasteiger partial charge in [0.25, 0.3) is 5.08 Å². The van der Waals surface area contributed by atoms with Crippen LogP contribution in [0.5, 0.6) is 5.75 Å². The van der Waals surface area contributed by atoms with Crippen molar-refractivity contribution in [3.8, 4) is 5.75 Å². The molecule has 0 spiro atoms. The Morgan fingerprint density at radius 1 is 1.20 bits per heavy atom. The van der Waals surface area contributed by atoms with Gasteiger partial charge in [-0.1, -0.05) is 0 Å². The fourth-order valence-corrected chi connectivity index (χ4v) is 4.44. The Labute approximate surface area is 193 Å². The molecule has 0 bridgehead atoms. The Kier molecular flexibility index (Phi) is 11.5. The van der Waals surface area contributed by atoms with Crippen LogP contribution in [0, 0.1) is 10.1 Å². The second-order valence-electron chi connectivity index (χ2n) is 6.22. The molecule has 0 fully saturated rings. The van der Waals surface area contributed by atoms with Crippen LogP contribution in [0.2, 0.25) is 0 Å². The van der Waals surface area contributed by atoms with Crippen LogP contribution in [0.15, 0.2) is 18.2 Å². The zero-order valence-corrected chi connectivity index (χ0v) is 20.1. The second kappa shape index (κ2) is 11.8. The van der Waals surface area contributed by atoms with E-state index < -0.39 is 31.6 Å². The summed E-state index contributed by atoms with van der Waals surface area (Å²) in [5.74, 6) is -0.0976. The Morgan fingerprint density at radius 2 is 1.77 bits per heavy atom. The van der Waals surface area contributed by atoms with E-state index in [-0.39, 0.29) is 72.7 Å². The maximum atomic E-state index is 11.3. The summed E-state index contributed by atoms with van der Waals surface area (Å²) in [7, 11) is -9.54. The van der Waals surface area contributed by atoms with E-state index in [4.69, 9.17) is 24.3 Å². The normalized spacial score (nSPS) is 12.4. The Balaban J connectivity index is 0.00000841. The van der Waals surface area contributed by atoms with E-state index in [1.165, 1.54) is 24.1 Å². The van der Waals surface area contributed by atoms with Gasteiger partial charge >= 0.3 is 50.4 Å². The minimum absolute atomic E-state index is 0. The number of ether oxygens (including phenoxy) is 1. The molecule has 0 saturated carbocycles. The third-order valence-corrected chi connectivity index (χ3v) is 7.90. The van der Waals surface area contributed by atoms with Gasteiger partial charge in [-0.25, -0.2) is 0 Å². The van der Waals surface area contributed by atoms with Gasteiger partial charge < -0.3 is 34.3 Å². The number of benzene rings is 1. The monoisotopic (exact) mass is 479 g/mol. The Morgan fingerprint density at radius 3 is 2.23 bits per heavy atom. The Hall–Kier alpha value is -0.690. The predicted molar refractivity (Wildman–Crippen MR) is 99.7 cm³/mol. The molecule has 30 heavy (non-hydrogen) atoms. The zero-order chi connectivity index (χ0) is 22.5. The summed E-state index contributed by atoms with van der Waals surface area (Å²) in [6.07, 6.45) is -0.0947. The summed E-state index contributed by atoms with van der Waals surface area (Å²) in [6, 6.07) is 3.63. The Bertz CT molecular complexity index is 819. The molecule has 5 N–H and O–H groups in total. The van der Waals surface area contributed by atoms with Crippen molar-refractivity contribution in [3.05, 3.63) is 33.9 Å². The average molecular weight is 479 g/mol. The van der Waals surface area contributed by atoms with Gasteiger partial charge in [-0.3, -0.25) is 24.0 Å². The number of carbonyl (C=O) groups is 1. The minimum atomic E-state index is -5.51. The van der Waals surface area contributed by atoms with Crippen molar-refractivity contribution in [2.75, 3.05) is 26.7 Å². The van der Waals surface area contributed by atoms with E-state index in [9.17, 15) is 29.1 Å². The molecule has 0 unspecified atom stereocenters. The molecule has 1 rings (SSSR count). The number of nitro benzene ring substituents is 1. The van der Waals surface area contributed by atoms with E-state index in [2.05, 4.69) is 0 Å². The van der Waals surface area contributed by atoms with Crippen LogP contribution in [0.25, 0.3) is 0 Å². The van der Waals surface area contributed by atoms with E-state index in [1.807, 2.05) is 0 Å². The first kappa shape index (κ1) is 29.3. The van der Waals surface area contributed by atoms with Gasteiger partial charge in [0.1, 0.15) is 6.29 Å². The first-order valence-electron chi connectivity index (χ1n) is 8.11. The first-order valence-corrected chi connectivity index (χ1v) is 11.3. The SMILES string of the molecule is CN(CCCOc1cc(C=O)ccc1[N+](=O)[O-])CCC(O)(P(=O)(O)O)P(=O)(O)O.[Na+]. The van der Waals surface area contributed by atoms with Crippen molar-refractivity contribution in [3.63, 3.8) is 0 Å². The van der Waals surface area contributed by atoms with Gasteiger partial charge in [0.2, 0.25) is 0 Å². The van der Waals surface area contributed by atoms with Crippen LogP contribution in [0.3, 0.4) is 0 Å². The molecule has 0 heterocycles. The standard InChI is InChI=1S/C14H22N2O11P2.Na/c1-15(7-5-14(18,28(21,22)23)29(24,25)26)6-2-8-27-13-9-11(10-17)3-4-12(13)16(19)20;/h3-4,9-10,18H,2,5-8H2,1H3,(H2,21,22,23)(H2,24,25,26);/q;+1. The van der Waals surface area contributed by atoms with Crippen LogP contribution in [-0.4, -0.2) is 72.6 Å². The van der Waals surface area contributed by atoms with E-state index in [0.29, 0.717) is 6.29 Å². The molecule has 0 saturated heterocycles. The number of rotatable bonds is 12. The van der Waals surface area contributed by atoms with E-state index in [1.54, 1.807) is 0 Å². The van der Waals surface area contributed by atoms with Crippen molar-refractivity contribution in [1.29, 1.82) is 0 Å². The summed E-state index contributed by atoms with van der Waals surface area (Å²) >= 11 is 0. The van der Waals surface area contributed by atoms with E-state index in [0.717, 1.165) is 6.07 Å². The fraction of sp³-hybridized carbons (Fsp3) is 0.500. The summed E-state index contributed by atoms with van der Waals surface area (Å²) < 4.78 is 27.9. The topological polar surface area (TPSA) is 208 Å². The van der Waals surface area contributed by atoms with Crippen molar-refractivity contribution in [2.45, 2.75) is 17.9 Å². The summed E-state index contributed by atoms with van der Waals surface area (Å²) in [4.78, 5) is 58.9. The van der Waals surface area contributed by atoms with Crippen molar-refractivity contribution >= 4 is 27.2 Å². The van der Waals surface area contributed by atoms with E-state index >= 15 is 0 Å². The first-order chi connectivity index (χ1) is 13.2. The summed E-state index contributed by atoms with van der Waals surface area (Å²) in [6.45, 7) is -0.0399. The number of aldehydes is 1. The maximum Gasteiger partial charge on any atom is 1.00 e. The molecular formula is C14H22N2NaO11P2+. The summed E-state index contributed by atoms with van der Waals surface area (Å²) in [5, 5.41) is 17.3. The third-order valence-electron chi connectivity index (χ3n) is 4.02. The molecule has 13 nitrogen and oxygen atoms in total. The maximum absolute atomic E-state index is 11.3. The second-order valence-corrected chi connectivity index (χ2v) is 10.2. The van der Waals surface area contributed by atoms with Crippen LogP contribution < -0.4 is 34.3 Å². The number of carbonyl (C=O) groups excluding carboxylic acids is 1. The molecule has 0 atom stereocenters. The van der Waals surface area contributed by atoms with Crippen LogP contribution in [0.1, 0.15) is 23.2 Å². The zero-order valence-electron chi connectivity index (χ0n) is 16.3. The van der Waals surface area contributed by atoms with Crippen molar-refractivity contribution in [2.24, 2.45) is 0 Å². The predicted octanol–water partition coefficient (Wildman–Crippen LogP) is -2.50. The largest absolute Gasteiger partial charge is 1.00 e. The van der Waals surface area contributed by atoms with Crippen molar-refractivity contribution in [1.82, 2.24) is 4.90 Å². The molecular weight excluding hydrogens is 457 g/mol. The molecule has 0 aliphatic carbocycles. The molecule has 0 radical (unpaired) electrons. The number of aliphatic hydroxyl groups is 1. The molecule has 1 aromatic rings. The molecule has 0 aromatic heterocycles. The van der Waals surface area contributed by atoms with Crippen molar-refractivity contribution < 1.29 is 77.8 Å². The number of hydrogen-bond donors (Lipinski definition) is 5. The quantitative estimate of drug-likeness (QED) is 0.0527. The molecule has 0 aliphatic rings. The van der Waals surface area contributed by atoms with Crippen LogP contribution in [-0.2, 0) is 9.13 Å². The molecule has 0 aliphatic heterocycles. The number of hydrogen-bond acceptors (Lipinski definition) is 8. The molecule has 16 heteroatoms. The van der Waals surface area contributed by atoms with Gasteiger partial charge in [0.15, 0.2) is 5.75 Å². The third kappa shape index (κ3) is 7.77. The van der Waals surface area contributed by atoms with Gasteiger partial charge in [-0.05, 0) is 25.6 Å². The molecule has 1 aromatic carbocycles. The van der Waals surface area contributed by atoms with Crippen LogP contribution in [0.4, 0.5) is 5.69 Å². The van der Waals surface area contributed by atoms with Gasteiger partial charge in [0, 0.05) is 31.1 Å². The number of nitrogens with zero attached hydrogens (tertiary/aromatic N) is 2. The smallest absolute Gasteiger partial charge is 0.487 e. The molecule has 0 amide bonds. The minimum Gasteiger partial charge on any atom is -0.487 e. The van der Waals surface area contributed by atoms with Gasteiger partial charge in [-0.15, -0.1) is 0 Å². The molecule has 164 valence electrons. The van der Waals surface area contributed by atoms with Gasteiger partial charge in [-0.2, -0.15) is 0 Å². The summed E-state index contributed by atoms with van der Waals surface area (Å²) in [5.41, 5.74) is -0.130. The number of nitro groups is 1.